The number of unbranched alkanes of at least 4 members (excludes halogenated alkanes) is 24. The number of esters is 3. The van der Waals surface area contributed by atoms with E-state index in [2.05, 4.69) is 154 Å². The maximum Gasteiger partial charge on any atom is 0.306 e. The second kappa shape index (κ2) is 65.1. The molecule has 6 heteroatoms. The van der Waals surface area contributed by atoms with Gasteiger partial charge in [0.2, 0.25) is 0 Å². The van der Waals surface area contributed by atoms with Crippen LogP contribution >= 0.6 is 0 Å². The molecule has 0 aromatic rings. The summed E-state index contributed by atoms with van der Waals surface area (Å²) in [6.45, 7) is 6.38. The zero-order valence-electron chi connectivity index (χ0n) is 50.6. The van der Waals surface area contributed by atoms with E-state index in [-0.39, 0.29) is 31.1 Å². The van der Waals surface area contributed by atoms with E-state index in [4.69, 9.17) is 14.2 Å². The zero-order chi connectivity index (χ0) is 56.4. The van der Waals surface area contributed by atoms with Gasteiger partial charge in [-0.3, -0.25) is 14.4 Å². The lowest BCUT2D eigenvalue weighted by Gasteiger charge is -2.18. The quantitative estimate of drug-likeness (QED) is 0.0261. The number of hydrogen-bond acceptors (Lipinski definition) is 6. The number of ether oxygens (including phenoxy) is 3. The summed E-state index contributed by atoms with van der Waals surface area (Å²) in [5, 5.41) is 0. The molecule has 0 radical (unpaired) electrons. The summed E-state index contributed by atoms with van der Waals surface area (Å²) in [5.74, 6) is -0.939. The van der Waals surface area contributed by atoms with Crippen LogP contribution in [-0.2, 0) is 28.6 Å². The van der Waals surface area contributed by atoms with E-state index >= 15 is 0 Å². The third-order valence-electron chi connectivity index (χ3n) is 13.4. The van der Waals surface area contributed by atoms with Crippen LogP contribution in [-0.4, -0.2) is 37.2 Å². The average Bonchev–Trinajstić information content (AvgIpc) is 3.44. The fourth-order valence-electron chi connectivity index (χ4n) is 8.61. The first-order chi connectivity index (χ1) is 38.5. The first-order valence-corrected chi connectivity index (χ1v) is 32.2. The van der Waals surface area contributed by atoms with Crippen molar-refractivity contribution in [1.29, 1.82) is 0 Å². The highest BCUT2D eigenvalue weighted by atomic mass is 16.6. The minimum Gasteiger partial charge on any atom is -0.462 e. The lowest BCUT2D eigenvalue weighted by molar-refractivity contribution is -0.167. The van der Waals surface area contributed by atoms with E-state index in [1.807, 2.05) is 0 Å². The summed E-state index contributed by atoms with van der Waals surface area (Å²) >= 11 is 0. The molecule has 442 valence electrons. The Hall–Kier alpha value is -4.45. The normalized spacial score (nSPS) is 13.0. The molecule has 6 nitrogen and oxygen atoms in total. The number of hydrogen-bond donors (Lipinski definition) is 0. The molecule has 0 aliphatic carbocycles. The van der Waals surface area contributed by atoms with Gasteiger partial charge in [-0.25, -0.2) is 0 Å². The number of rotatable bonds is 57. The Morgan fingerprint density at radius 1 is 0.269 bits per heavy atom. The second-order valence-corrected chi connectivity index (χ2v) is 20.9. The molecule has 0 rings (SSSR count). The van der Waals surface area contributed by atoms with Gasteiger partial charge in [0, 0.05) is 19.3 Å². The third-order valence-corrected chi connectivity index (χ3v) is 13.4. The van der Waals surface area contributed by atoms with Crippen LogP contribution < -0.4 is 0 Å². The van der Waals surface area contributed by atoms with Crippen molar-refractivity contribution in [3.05, 3.63) is 134 Å². The summed E-state index contributed by atoms with van der Waals surface area (Å²) in [6, 6.07) is 0. The molecule has 0 N–H and O–H groups in total. The molecule has 1 unspecified atom stereocenters. The molecule has 0 aromatic carbocycles. The van der Waals surface area contributed by atoms with Crippen LogP contribution in [0.2, 0.25) is 0 Å². The van der Waals surface area contributed by atoms with Crippen LogP contribution in [0.3, 0.4) is 0 Å². The third kappa shape index (κ3) is 62.4. The van der Waals surface area contributed by atoms with Crippen molar-refractivity contribution < 1.29 is 28.6 Å². The van der Waals surface area contributed by atoms with E-state index in [1.54, 1.807) is 0 Å². The molecule has 0 spiro atoms. The Kier molecular flexibility index (Phi) is 61.4. The van der Waals surface area contributed by atoms with Gasteiger partial charge in [-0.15, -0.1) is 0 Å². The predicted octanol–water partition coefficient (Wildman–Crippen LogP) is 22.2. The van der Waals surface area contributed by atoms with Crippen molar-refractivity contribution in [3.63, 3.8) is 0 Å². The Labute approximate surface area is 481 Å². The second-order valence-electron chi connectivity index (χ2n) is 20.9. The van der Waals surface area contributed by atoms with Crippen LogP contribution in [0.15, 0.2) is 134 Å². The molecule has 0 fully saturated rings. The lowest BCUT2D eigenvalue weighted by atomic mass is 10.1. The minimum atomic E-state index is -0.801. The van der Waals surface area contributed by atoms with Crippen LogP contribution in [0.4, 0.5) is 0 Å². The van der Waals surface area contributed by atoms with Gasteiger partial charge < -0.3 is 14.2 Å². The Bertz CT molecular complexity index is 1670. The molecular weight excluding hydrogens is 961 g/mol. The number of allylic oxidation sites excluding steroid dienone is 22. The highest BCUT2D eigenvalue weighted by molar-refractivity contribution is 5.71. The number of carbonyl (C=O) groups is 3. The summed E-state index contributed by atoms with van der Waals surface area (Å²) in [5.41, 5.74) is 0. The maximum atomic E-state index is 12.9. The van der Waals surface area contributed by atoms with Crippen molar-refractivity contribution in [1.82, 2.24) is 0 Å². The molecule has 0 saturated carbocycles. The monoisotopic (exact) mass is 1080 g/mol. The fourth-order valence-corrected chi connectivity index (χ4v) is 8.61. The largest absolute Gasteiger partial charge is 0.462 e. The summed E-state index contributed by atoms with van der Waals surface area (Å²) in [6.07, 6.45) is 91.8. The summed E-state index contributed by atoms with van der Waals surface area (Å²) in [7, 11) is 0. The van der Waals surface area contributed by atoms with Crippen LogP contribution in [0, 0.1) is 0 Å². The van der Waals surface area contributed by atoms with E-state index in [0.717, 1.165) is 148 Å². The fraction of sp³-hybridized carbons (Fsp3) is 0.653. The lowest BCUT2D eigenvalue weighted by Crippen LogP contribution is -2.30. The van der Waals surface area contributed by atoms with Gasteiger partial charge in [-0.05, 0) is 135 Å². The van der Waals surface area contributed by atoms with Gasteiger partial charge >= 0.3 is 17.9 Å². The van der Waals surface area contributed by atoms with Crippen molar-refractivity contribution in [2.75, 3.05) is 13.2 Å². The van der Waals surface area contributed by atoms with Crippen molar-refractivity contribution in [2.45, 2.75) is 290 Å². The Morgan fingerprint density at radius 3 is 0.808 bits per heavy atom. The average molecular weight is 1080 g/mol. The van der Waals surface area contributed by atoms with Crippen molar-refractivity contribution in [3.8, 4) is 0 Å². The van der Waals surface area contributed by atoms with Crippen molar-refractivity contribution >= 4 is 17.9 Å². The SMILES string of the molecule is CC/C=C\C/C=C\C/C=C\C/C=C\C/C=C\C/C=C\C/C=C\CCCCCCCCCCCC(=O)OCC(COC(=O)CCCCC/C=C\C/C=C\C/C=C\CC)OC(=O)CCCCCCC/C=C\CCCCCCCCC. The van der Waals surface area contributed by atoms with Crippen LogP contribution in [0.5, 0.6) is 0 Å². The Morgan fingerprint density at radius 2 is 0.500 bits per heavy atom. The standard InChI is InChI=1S/C72H118O6/c1-4-7-10-13-16-19-22-25-27-29-30-31-32-33-34-35-36-37-38-39-40-41-42-43-45-47-50-53-56-59-62-65-71(74)77-68-69(67-76-70(73)64-61-58-55-52-49-46-24-21-18-15-12-9-6-3)78-72(75)66-63-60-57-54-51-48-44-28-26-23-20-17-14-11-8-5-2/h7,9-10,12,16,18-19,21,25,27-28,30-31,33-34,36-37,39-40,44,46,49,69H,4-6,8,11,13-15,17,20,22-24,26,29,32,35,38,41-43,45,47-48,50-68H2,1-3H3/b10-7-,12-9-,19-16-,21-18-,27-25-,31-30-,34-33-,37-36-,40-39-,44-28-,49-46-. The highest BCUT2D eigenvalue weighted by Gasteiger charge is 2.19. The summed E-state index contributed by atoms with van der Waals surface area (Å²) in [4.78, 5) is 38.3. The Balaban J connectivity index is 4.31. The molecule has 0 saturated heterocycles. The molecule has 1 atom stereocenters. The van der Waals surface area contributed by atoms with Crippen molar-refractivity contribution in [2.24, 2.45) is 0 Å². The summed E-state index contributed by atoms with van der Waals surface area (Å²) < 4.78 is 16.9. The number of carbonyl (C=O) groups excluding carboxylic acids is 3. The van der Waals surface area contributed by atoms with E-state index in [0.29, 0.717) is 19.3 Å². The van der Waals surface area contributed by atoms with Gasteiger partial charge in [-0.1, -0.05) is 264 Å². The van der Waals surface area contributed by atoms with Gasteiger partial charge in [-0.2, -0.15) is 0 Å². The minimum absolute atomic E-state index is 0.0967. The first kappa shape index (κ1) is 73.5. The predicted molar refractivity (Wildman–Crippen MR) is 339 cm³/mol. The van der Waals surface area contributed by atoms with Gasteiger partial charge in [0.05, 0.1) is 0 Å². The van der Waals surface area contributed by atoms with E-state index < -0.39 is 6.10 Å². The zero-order valence-corrected chi connectivity index (χ0v) is 50.6. The van der Waals surface area contributed by atoms with Gasteiger partial charge in [0.15, 0.2) is 6.10 Å². The highest BCUT2D eigenvalue weighted by Crippen LogP contribution is 2.15. The molecule has 0 heterocycles. The molecule has 78 heavy (non-hydrogen) atoms. The molecule has 0 amide bonds. The maximum absolute atomic E-state index is 12.9. The topological polar surface area (TPSA) is 78.9 Å². The van der Waals surface area contributed by atoms with E-state index in [1.165, 1.54) is 96.3 Å². The molecular formula is C72H118O6. The molecule has 0 aliphatic heterocycles. The first-order valence-electron chi connectivity index (χ1n) is 32.2. The molecule has 0 aromatic heterocycles. The smallest absolute Gasteiger partial charge is 0.306 e. The van der Waals surface area contributed by atoms with E-state index in [9.17, 15) is 14.4 Å². The van der Waals surface area contributed by atoms with Gasteiger partial charge in [0.25, 0.3) is 0 Å². The van der Waals surface area contributed by atoms with Gasteiger partial charge in [0.1, 0.15) is 13.2 Å². The van der Waals surface area contributed by atoms with Crippen LogP contribution in [0.25, 0.3) is 0 Å². The van der Waals surface area contributed by atoms with Crippen LogP contribution in [0.1, 0.15) is 284 Å². The molecule has 0 aliphatic rings. The molecule has 0 bridgehead atoms.